The molecule has 0 aliphatic heterocycles. The number of carboxylic acid groups (broad SMARTS) is 1. The van der Waals surface area contributed by atoms with E-state index in [1.54, 1.807) is 12.1 Å². The average molecular weight is 399 g/mol. The van der Waals surface area contributed by atoms with Crippen molar-refractivity contribution in [3.05, 3.63) is 83.4 Å². The van der Waals surface area contributed by atoms with Gasteiger partial charge in [0.2, 0.25) is 0 Å². The van der Waals surface area contributed by atoms with Crippen LogP contribution < -0.4 is 4.74 Å². The number of hydrogen-bond acceptors (Lipinski definition) is 4. The normalized spacial score (nSPS) is 10.8. The zero-order valence-electron chi connectivity index (χ0n) is 17.0. The second kappa shape index (κ2) is 7.87. The van der Waals surface area contributed by atoms with Gasteiger partial charge in [-0.1, -0.05) is 53.7 Å². The van der Waals surface area contributed by atoms with Crippen molar-refractivity contribution in [2.24, 2.45) is 0 Å². The fourth-order valence-corrected chi connectivity index (χ4v) is 3.58. The van der Waals surface area contributed by atoms with E-state index < -0.39 is 5.97 Å². The van der Waals surface area contributed by atoms with E-state index in [1.807, 2.05) is 30.3 Å². The fraction of sp³-hybridized carbons (Fsp3) is 0.120. The van der Waals surface area contributed by atoms with Gasteiger partial charge in [-0.25, -0.2) is 4.79 Å². The zero-order chi connectivity index (χ0) is 21.3. The van der Waals surface area contributed by atoms with Crippen molar-refractivity contribution in [2.75, 3.05) is 7.11 Å². The Balaban J connectivity index is 1.71. The van der Waals surface area contributed by atoms with Crippen LogP contribution in [0.1, 0.15) is 21.5 Å². The molecule has 3 aromatic carbocycles. The van der Waals surface area contributed by atoms with Crippen LogP contribution in [-0.2, 0) is 0 Å². The molecule has 0 unspecified atom stereocenters. The van der Waals surface area contributed by atoms with E-state index in [1.165, 1.54) is 29.9 Å². The quantitative estimate of drug-likeness (QED) is 0.446. The predicted octanol–water partition coefficient (Wildman–Crippen LogP) is 6.00. The topological polar surface area (TPSA) is 72.6 Å². The van der Waals surface area contributed by atoms with E-state index in [2.05, 4.69) is 37.2 Å². The number of carboxylic acids is 1. The highest BCUT2D eigenvalue weighted by atomic mass is 16.5. The molecule has 0 saturated carbocycles. The Hall–Kier alpha value is -3.86. The van der Waals surface area contributed by atoms with Crippen molar-refractivity contribution in [2.45, 2.75) is 13.8 Å². The molecular weight excluding hydrogens is 378 g/mol. The van der Waals surface area contributed by atoms with Crippen molar-refractivity contribution >= 4 is 5.97 Å². The first-order valence-electron chi connectivity index (χ1n) is 9.54. The minimum Gasteiger partial charge on any atom is -0.496 e. The number of benzene rings is 3. The lowest BCUT2D eigenvalue weighted by atomic mass is 9.92. The van der Waals surface area contributed by atoms with Crippen LogP contribution in [0.3, 0.4) is 0 Å². The Morgan fingerprint density at radius 2 is 1.60 bits per heavy atom. The minimum absolute atomic E-state index is 0.105. The van der Waals surface area contributed by atoms with Gasteiger partial charge < -0.3 is 14.4 Å². The minimum atomic E-state index is -1.04. The first kappa shape index (κ1) is 19.5. The molecule has 1 heterocycles. The van der Waals surface area contributed by atoms with E-state index in [0.29, 0.717) is 11.5 Å². The van der Waals surface area contributed by atoms with Gasteiger partial charge in [-0.05, 0) is 48.2 Å². The first-order chi connectivity index (χ1) is 14.5. The van der Waals surface area contributed by atoms with Crippen LogP contribution in [0.25, 0.3) is 33.7 Å². The van der Waals surface area contributed by atoms with Crippen LogP contribution in [0.15, 0.2) is 71.3 Å². The monoisotopic (exact) mass is 399 g/mol. The van der Waals surface area contributed by atoms with Gasteiger partial charge in [-0.2, -0.15) is 0 Å². The summed E-state index contributed by atoms with van der Waals surface area (Å²) in [7, 11) is 1.44. The van der Waals surface area contributed by atoms with Crippen LogP contribution in [0.2, 0.25) is 0 Å². The third kappa shape index (κ3) is 3.46. The highest BCUT2D eigenvalue weighted by Gasteiger charge is 2.17. The summed E-state index contributed by atoms with van der Waals surface area (Å²) in [5.41, 5.74) is 7.08. The van der Waals surface area contributed by atoms with Crippen molar-refractivity contribution in [3.63, 3.8) is 0 Å². The van der Waals surface area contributed by atoms with E-state index in [-0.39, 0.29) is 11.3 Å². The predicted molar refractivity (Wildman–Crippen MR) is 116 cm³/mol. The van der Waals surface area contributed by atoms with Gasteiger partial charge in [-0.15, -0.1) is 0 Å². The lowest BCUT2D eigenvalue weighted by Gasteiger charge is -2.12. The molecule has 30 heavy (non-hydrogen) atoms. The van der Waals surface area contributed by atoms with Gasteiger partial charge >= 0.3 is 5.97 Å². The van der Waals surface area contributed by atoms with Crippen LogP contribution >= 0.6 is 0 Å². The summed E-state index contributed by atoms with van der Waals surface area (Å²) in [5, 5.41) is 13.4. The Morgan fingerprint density at radius 3 is 2.30 bits per heavy atom. The van der Waals surface area contributed by atoms with E-state index in [9.17, 15) is 9.90 Å². The molecule has 0 radical (unpaired) electrons. The number of nitrogens with zero attached hydrogens (tertiary/aromatic N) is 1. The molecule has 0 aliphatic rings. The van der Waals surface area contributed by atoms with Crippen molar-refractivity contribution in [3.8, 4) is 39.5 Å². The summed E-state index contributed by atoms with van der Waals surface area (Å²) >= 11 is 0. The Labute approximate surface area is 174 Å². The Morgan fingerprint density at radius 1 is 0.900 bits per heavy atom. The molecule has 1 N–H and O–H groups in total. The summed E-state index contributed by atoms with van der Waals surface area (Å²) < 4.78 is 10.8. The van der Waals surface area contributed by atoms with E-state index in [4.69, 9.17) is 9.26 Å². The second-order valence-corrected chi connectivity index (χ2v) is 7.07. The molecule has 0 bridgehead atoms. The highest BCUT2D eigenvalue weighted by molar-refractivity contribution is 5.92. The van der Waals surface area contributed by atoms with Crippen molar-refractivity contribution in [1.29, 1.82) is 0 Å². The number of ether oxygens (including phenoxy) is 1. The number of aromatic nitrogens is 1. The smallest absolute Gasteiger partial charge is 0.339 e. The largest absolute Gasteiger partial charge is 0.496 e. The highest BCUT2D eigenvalue weighted by Crippen LogP contribution is 2.35. The van der Waals surface area contributed by atoms with Gasteiger partial charge in [0.05, 0.1) is 7.11 Å². The standard InChI is InChI=1S/C25H21NO4/c1-15-16(2)20(12-11-19(15)17-7-5-4-6-8-17)24-14-22(26-30-24)18-9-10-21(25(27)28)23(13-18)29-3/h4-14H,1-3H3,(H,27,28). The van der Waals surface area contributed by atoms with Crippen molar-refractivity contribution < 1.29 is 19.2 Å². The molecule has 0 saturated heterocycles. The molecule has 5 heteroatoms. The molecule has 0 atom stereocenters. The summed E-state index contributed by atoms with van der Waals surface area (Å²) in [6.07, 6.45) is 0. The maximum Gasteiger partial charge on any atom is 0.339 e. The number of methoxy groups -OCH3 is 1. The number of rotatable bonds is 5. The average Bonchev–Trinajstić information content (AvgIpc) is 3.25. The number of carbonyl (C=O) groups is 1. The summed E-state index contributed by atoms with van der Waals surface area (Å²) in [6.45, 7) is 4.18. The zero-order valence-corrected chi connectivity index (χ0v) is 17.0. The van der Waals surface area contributed by atoms with Crippen LogP contribution in [-0.4, -0.2) is 23.3 Å². The molecule has 4 rings (SSSR count). The third-order valence-electron chi connectivity index (χ3n) is 5.38. The molecule has 0 fully saturated rings. The summed E-state index contributed by atoms with van der Waals surface area (Å²) in [4.78, 5) is 11.3. The van der Waals surface area contributed by atoms with Crippen LogP contribution in [0.4, 0.5) is 0 Å². The SMILES string of the molecule is COc1cc(-c2cc(-c3ccc(-c4ccccc4)c(C)c3C)on2)ccc1C(=O)O. The van der Waals surface area contributed by atoms with Gasteiger partial charge in [-0.3, -0.25) is 0 Å². The van der Waals surface area contributed by atoms with E-state index in [0.717, 1.165) is 16.7 Å². The van der Waals surface area contributed by atoms with E-state index >= 15 is 0 Å². The molecule has 1 aromatic heterocycles. The number of hydrogen-bond donors (Lipinski definition) is 1. The fourth-order valence-electron chi connectivity index (χ4n) is 3.58. The third-order valence-corrected chi connectivity index (χ3v) is 5.38. The molecule has 150 valence electrons. The molecule has 0 amide bonds. The molecule has 0 spiro atoms. The number of aromatic carboxylic acids is 1. The van der Waals surface area contributed by atoms with Gasteiger partial charge in [0.1, 0.15) is 17.0 Å². The van der Waals surface area contributed by atoms with Crippen molar-refractivity contribution in [1.82, 2.24) is 5.16 Å². The summed E-state index contributed by atoms with van der Waals surface area (Å²) in [6, 6.07) is 21.1. The molecular formula is C25H21NO4. The van der Waals surface area contributed by atoms with Crippen LogP contribution in [0, 0.1) is 13.8 Å². The molecule has 5 nitrogen and oxygen atoms in total. The van der Waals surface area contributed by atoms with Gasteiger partial charge in [0.25, 0.3) is 0 Å². The summed E-state index contributed by atoms with van der Waals surface area (Å²) in [5.74, 6) is -0.0980. The van der Waals surface area contributed by atoms with Gasteiger partial charge in [0, 0.05) is 17.2 Å². The maximum absolute atomic E-state index is 11.3. The van der Waals surface area contributed by atoms with Crippen LogP contribution in [0.5, 0.6) is 5.75 Å². The lowest BCUT2D eigenvalue weighted by molar-refractivity contribution is 0.0693. The maximum atomic E-state index is 11.3. The Kier molecular flexibility index (Phi) is 5.11. The molecule has 4 aromatic rings. The molecule has 0 aliphatic carbocycles. The lowest BCUT2D eigenvalue weighted by Crippen LogP contribution is -2.00. The first-order valence-corrected chi connectivity index (χ1v) is 9.54. The van der Waals surface area contributed by atoms with Gasteiger partial charge in [0.15, 0.2) is 5.76 Å². The second-order valence-electron chi connectivity index (χ2n) is 7.07. The Bertz CT molecular complexity index is 1230.